The normalized spacial score (nSPS) is 10.9. The first-order chi connectivity index (χ1) is 15.9. The Morgan fingerprint density at radius 1 is 1.00 bits per heavy atom. The maximum absolute atomic E-state index is 12.7. The fourth-order valence-corrected chi connectivity index (χ4v) is 4.44. The Morgan fingerprint density at radius 3 is 2.33 bits per heavy atom. The number of hydrogen-bond acceptors (Lipinski definition) is 5. The van der Waals surface area contributed by atoms with Gasteiger partial charge in [0.1, 0.15) is 11.5 Å². The lowest BCUT2D eigenvalue weighted by molar-refractivity contribution is -0.118. The molecule has 0 radical (unpaired) electrons. The number of nitrogens with zero attached hydrogens (tertiary/aromatic N) is 2. The third-order valence-electron chi connectivity index (χ3n) is 5.39. The summed E-state index contributed by atoms with van der Waals surface area (Å²) in [7, 11) is 5.08. The Bertz CT molecular complexity index is 1370. The number of benzene rings is 3. The molecule has 8 heteroatoms. The number of aryl methyl sites for hydroxylation is 3. The number of methoxy groups -OCH3 is 1. The summed E-state index contributed by atoms with van der Waals surface area (Å²) in [6, 6.07) is 19.0. The summed E-state index contributed by atoms with van der Waals surface area (Å²) >= 11 is 1.50. The average molecular weight is 464 g/mol. The largest absolute Gasteiger partial charge is 0.497 e. The molecule has 0 saturated heterocycles. The smallest absolute Gasteiger partial charge is 0.328 e. The number of carbonyl (C=O) groups is 1. The number of aromatic nitrogens is 2. The van der Waals surface area contributed by atoms with E-state index >= 15 is 0 Å². The molecule has 1 amide bonds. The van der Waals surface area contributed by atoms with E-state index in [9.17, 15) is 9.59 Å². The van der Waals surface area contributed by atoms with Crippen LogP contribution in [0.25, 0.3) is 11.0 Å². The van der Waals surface area contributed by atoms with Gasteiger partial charge in [0.05, 0.1) is 23.8 Å². The molecule has 0 aliphatic carbocycles. The second kappa shape index (κ2) is 9.46. The lowest BCUT2D eigenvalue weighted by atomic mass is 10.2. The minimum absolute atomic E-state index is 0.122. The van der Waals surface area contributed by atoms with Gasteiger partial charge in [-0.05, 0) is 55.0 Å². The number of anilines is 1. The topological polar surface area (TPSA) is 74.5 Å². The summed E-state index contributed by atoms with van der Waals surface area (Å²) in [5.41, 5.74) is 2.96. The standard InChI is InChI=1S/C25H25N3O4S/c1-16-7-5-6-8-22(16)32-15-24(29)26-19-13-20-21(28(3)25(30)27(20)2)14-23(19)33-18-11-9-17(31-4)10-12-18/h5-14H,15H2,1-4H3,(H,26,29). The molecular weight excluding hydrogens is 438 g/mol. The summed E-state index contributed by atoms with van der Waals surface area (Å²) in [4.78, 5) is 27.0. The van der Waals surface area contributed by atoms with Crippen LogP contribution in [0.5, 0.6) is 11.5 Å². The summed E-state index contributed by atoms with van der Waals surface area (Å²) in [5, 5.41) is 2.96. The maximum Gasteiger partial charge on any atom is 0.328 e. The van der Waals surface area contributed by atoms with E-state index in [1.165, 1.54) is 11.8 Å². The number of rotatable bonds is 7. The van der Waals surface area contributed by atoms with Crippen LogP contribution in [0, 0.1) is 6.92 Å². The highest BCUT2D eigenvalue weighted by Crippen LogP contribution is 2.37. The number of fused-ring (bicyclic) bond motifs is 1. The van der Waals surface area contributed by atoms with Gasteiger partial charge in [-0.3, -0.25) is 13.9 Å². The van der Waals surface area contributed by atoms with E-state index in [-0.39, 0.29) is 18.2 Å². The van der Waals surface area contributed by atoms with Crippen molar-refractivity contribution in [1.29, 1.82) is 0 Å². The molecule has 1 N–H and O–H groups in total. The number of ether oxygens (including phenoxy) is 2. The summed E-state index contributed by atoms with van der Waals surface area (Å²) in [5.74, 6) is 1.15. The Hall–Kier alpha value is -3.65. The van der Waals surface area contributed by atoms with Crippen molar-refractivity contribution in [3.05, 3.63) is 76.7 Å². The van der Waals surface area contributed by atoms with E-state index in [0.717, 1.165) is 32.1 Å². The van der Waals surface area contributed by atoms with Crippen molar-refractivity contribution in [3.63, 3.8) is 0 Å². The minimum atomic E-state index is -0.282. The van der Waals surface area contributed by atoms with Crippen LogP contribution in [0.15, 0.2) is 75.2 Å². The third kappa shape index (κ3) is 4.75. The van der Waals surface area contributed by atoms with Crippen molar-refractivity contribution in [2.24, 2.45) is 14.1 Å². The second-order valence-electron chi connectivity index (χ2n) is 7.62. The maximum atomic E-state index is 12.7. The van der Waals surface area contributed by atoms with E-state index in [2.05, 4.69) is 5.32 Å². The zero-order valence-corrected chi connectivity index (χ0v) is 19.7. The third-order valence-corrected chi connectivity index (χ3v) is 6.45. The van der Waals surface area contributed by atoms with Crippen molar-refractivity contribution in [2.45, 2.75) is 16.7 Å². The number of amides is 1. The van der Waals surface area contributed by atoms with Crippen LogP contribution in [0.2, 0.25) is 0 Å². The van der Waals surface area contributed by atoms with Gasteiger partial charge in [0, 0.05) is 23.9 Å². The zero-order chi connectivity index (χ0) is 23.5. The molecule has 0 bridgehead atoms. The highest BCUT2D eigenvalue weighted by atomic mass is 32.2. The van der Waals surface area contributed by atoms with Crippen molar-refractivity contribution in [3.8, 4) is 11.5 Å². The first-order valence-corrected chi connectivity index (χ1v) is 11.2. The summed E-state index contributed by atoms with van der Waals surface area (Å²) in [6.07, 6.45) is 0. The van der Waals surface area contributed by atoms with Crippen LogP contribution in [0.1, 0.15) is 5.56 Å². The van der Waals surface area contributed by atoms with Crippen LogP contribution in [-0.4, -0.2) is 28.8 Å². The summed E-state index contributed by atoms with van der Waals surface area (Å²) < 4.78 is 14.1. The molecule has 0 saturated carbocycles. The molecule has 3 aromatic carbocycles. The van der Waals surface area contributed by atoms with Crippen molar-refractivity contribution >= 4 is 34.4 Å². The molecule has 0 fully saturated rings. The van der Waals surface area contributed by atoms with E-state index in [1.807, 2.05) is 67.6 Å². The first kappa shape index (κ1) is 22.5. The predicted octanol–water partition coefficient (Wildman–Crippen LogP) is 4.36. The number of nitrogens with one attached hydrogen (secondary N) is 1. The van der Waals surface area contributed by atoms with Crippen LogP contribution < -0.4 is 20.5 Å². The molecule has 0 aliphatic rings. The lowest BCUT2D eigenvalue weighted by Gasteiger charge is -2.13. The number of hydrogen-bond donors (Lipinski definition) is 1. The molecule has 1 aromatic heterocycles. The predicted molar refractivity (Wildman–Crippen MR) is 131 cm³/mol. The quantitative estimate of drug-likeness (QED) is 0.441. The molecule has 0 spiro atoms. The Balaban J connectivity index is 1.64. The van der Waals surface area contributed by atoms with Crippen molar-refractivity contribution in [1.82, 2.24) is 9.13 Å². The molecule has 7 nitrogen and oxygen atoms in total. The Kier molecular flexibility index (Phi) is 6.46. The second-order valence-corrected chi connectivity index (χ2v) is 8.73. The lowest BCUT2D eigenvalue weighted by Crippen LogP contribution is -2.21. The van der Waals surface area contributed by atoms with Crippen LogP contribution in [-0.2, 0) is 18.9 Å². The number of carbonyl (C=O) groups excluding carboxylic acids is 1. The van der Waals surface area contributed by atoms with Crippen molar-refractivity contribution < 1.29 is 14.3 Å². The molecular formula is C25H25N3O4S. The fraction of sp³-hybridized carbons (Fsp3) is 0.200. The van der Waals surface area contributed by atoms with Gasteiger partial charge in [-0.25, -0.2) is 4.79 Å². The SMILES string of the molecule is COc1ccc(Sc2cc3c(cc2NC(=O)COc2ccccc2C)n(C)c(=O)n3C)cc1. The van der Waals surface area contributed by atoms with E-state index in [1.54, 1.807) is 30.3 Å². The molecule has 4 rings (SSSR count). The molecule has 0 atom stereocenters. The van der Waals surface area contributed by atoms with Gasteiger partial charge in [0.25, 0.3) is 5.91 Å². The Morgan fingerprint density at radius 2 is 1.67 bits per heavy atom. The van der Waals surface area contributed by atoms with E-state index in [0.29, 0.717) is 11.4 Å². The highest BCUT2D eigenvalue weighted by Gasteiger charge is 2.16. The zero-order valence-electron chi connectivity index (χ0n) is 18.9. The number of para-hydroxylation sites is 1. The first-order valence-electron chi connectivity index (χ1n) is 10.4. The van der Waals surface area contributed by atoms with Gasteiger partial charge in [0.2, 0.25) is 0 Å². The molecule has 33 heavy (non-hydrogen) atoms. The molecule has 4 aromatic rings. The van der Waals surface area contributed by atoms with E-state index < -0.39 is 0 Å². The molecule has 0 aliphatic heterocycles. The minimum Gasteiger partial charge on any atom is -0.497 e. The number of imidazole rings is 1. The van der Waals surface area contributed by atoms with Gasteiger partial charge in [0.15, 0.2) is 6.61 Å². The van der Waals surface area contributed by atoms with Gasteiger partial charge < -0.3 is 14.8 Å². The van der Waals surface area contributed by atoms with E-state index in [4.69, 9.17) is 9.47 Å². The summed E-state index contributed by atoms with van der Waals surface area (Å²) in [6.45, 7) is 1.81. The average Bonchev–Trinajstić information content (AvgIpc) is 3.02. The van der Waals surface area contributed by atoms with Crippen molar-refractivity contribution in [2.75, 3.05) is 19.0 Å². The van der Waals surface area contributed by atoms with Gasteiger partial charge in [-0.15, -0.1) is 0 Å². The molecule has 170 valence electrons. The highest BCUT2D eigenvalue weighted by molar-refractivity contribution is 7.99. The fourth-order valence-electron chi connectivity index (χ4n) is 3.53. The van der Waals surface area contributed by atoms with Gasteiger partial charge in [-0.2, -0.15) is 0 Å². The molecule has 1 heterocycles. The Labute approximate surface area is 195 Å². The van der Waals surface area contributed by atoms with Crippen LogP contribution in [0.4, 0.5) is 5.69 Å². The molecule has 0 unspecified atom stereocenters. The van der Waals surface area contributed by atoms with Gasteiger partial charge >= 0.3 is 5.69 Å². The van der Waals surface area contributed by atoms with Crippen LogP contribution in [0.3, 0.4) is 0 Å². The van der Waals surface area contributed by atoms with Gasteiger partial charge in [-0.1, -0.05) is 30.0 Å². The van der Waals surface area contributed by atoms with Crippen LogP contribution >= 0.6 is 11.8 Å². The monoisotopic (exact) mass is 463 g/mol.